The summed E-state index contributed by atoms with van der Waals surface area (Å²) in [7, 11) is -3.68. The fourth-order valence-corrected chi connectivity index (χ4v) is 4.11. The summed E-state index contributed by atoms with van der Waals surface area (Å²) < 4.78 is 29.4. The Kier molecular flexibility index (Phi) is 5.89. The number of carboxylic acids is 1. The Morgan fingerprint density at radius 2 is 2.04 bits per heavy atom. The fraction of sp³-hybridized carbons (Fsp3) is 0.333. The first-order valence-corrected chi connectivity index (χ1v) is 9.91. The number of ether oxygens (including phenoxy) is 1. The molecule has 0 fully saturated rings. The molecule has 1 atom stereocenters. The topological polar surface area (TPSA) is 113 Å². The van der Waals surface area contributed by atoms with Crippen LogP contribution in [0.2, 0.25) is 0 Å². The number of fused-ring (bicyclic) bond motifs is 1. The zero-order chi connectivity index (χ0) is 17.7. The van der Waals surface area contributed by atoms with Crippen molar-refractivity contribution in [3.05, 3.63) is 34.7 Å². The predicted octanol–water partition coefficient (Wildman–Crippen LogP) is 0.413. The Hall–Kier alpha value is -2.00. The minimum atomic E-state index is -3.68. The Balaban J connectivity index is 1.96. The van der Waals surface area contributed by atoms with Gasteiger partial charge in [-0.15, -0.1) is 0 Å². The number of amides is 1. The van der Waals surface area contributed by atoms with Gasteiger partial charge in [0.1, 0.15) is 6.61 Å². The summed E-state index contributed by atoms with van der Waals surface area (Å²) in [5, 5.41) is 13.1. The van der Waals surface area contributed by atoms with E-state index in [2.05, 4.69) is 5.32 Å². The molecule has 0 radical (unpaired) electrons. The third kappa shape index (κ3) is 4.09. The first-order chi connectivity index (χ1) is 11.4. The number of carboxylic acid groups (broad SMARTS) is 1. The van der Waals surface area contributed by atoms with E-state index in [-0.39, 0.29) is 16.2 Å². The lowest BCUT2D eigenvalue weighted by molar-refractivity contribution is -0.308. The molecule has 1 heterocycles. The lowest BCUT2D eigenvalue weighted by Crippen LogP contribution is -2.48. The number of carbonyl (C=O) groups excluding carboxylic acids is 2. The standard InChI is InChI=1S/C15H17NO6S2/c1-23-7-6-12(14(17)18)16-15(19)22-9-11-8-10-4-2-3-5-13(10)24(11,20)21/h2-5,8,12H,6-7,9H2,1H3,(H,16,19)(H,17,18)/p-1/t12-/m0/s1. The fourth-order valence-electron chi connectivity index (χ4n) is 2.16. The second kappa shape index (κ2) is 7.71. The van der Waals surface area contributed by atoms with E-state index < -0.39 is 34.5 Å². The molecule has 0 saturated carbocycles. The highest BCUT2D eigenvalue weighted by molar-refractivity contribution is 7.98. The zero-order valence-electron chi connectivity index (χ0n) is 12.9. The number of carbonyl (C=O) groups is 2. The smallest absolute Gasteiger partial charge is 0.408 e. The largest absolute Gasteiger partial charge is 0.548 e. The SMILES string of the molecule is CSCC[C@H](NC(=O)OCC1=Cc2ccccc2S1(=O)=O)C(=O)[O-]. The van der Waals surface area contributed by atoms with Gasteiger partial charge in [0, 0.05) is 0 Å². The molecule has 1 N–H and O–H groups in total. The molecule has 1 aliphatic heterocycles. The summed E-state index contributed by atoms with van der Waals surface area (Å²) in [6, 6.07) is 5.25. The van der Waals surface area contributed by atoms with E-state index in [1.807, 2.05) is 0 Å². The Bertz CT molecular complexity index is 772. The minimum Gasteiger partial charge on any atom is -0.548 e. The van der Waals surface area contributed by atoms with Crippen molar-refractivity contribution >= 4 is 39.7 Å². The van der Waals surface area contributed by atoms with E-state index >= 15 is 0 Å². The number of benzene rings is 1. The van der Waals surface area contributed by atoms with Gasteiger partial charge in [0.25, 0.3) is 0 Å². The Morgan fingerprint density at radius 3 is 2.67 bits per heavy atom. The van der Waals surface area contributed by atoms with Gasteiger partial charge in [-0.05, 0) is 36.1 Å². The van der Waals surface area contributed by atoms with Crippen LogP contribution < -0.4 is 10.4 Å². The normalized spacial score (nSPS) is 16.0. The monoisotopic (exact) mass is 370 g/mol. The van der Waals surface area contributed by atoms with Gasteiger partial charge in [-0.2, -0.15) is 11.8 Å². The Morgan fingerprint density at radius 1 is 1.33 bits per heavy atom. The third-order valence-corrected chi connectivity index (χ3v) is 5.92. The number of hydrogen-bond donors (Lipinski definition) is 1. The molecule has 1 aliphatic rings. The van der Waals surface area contributed by atoms with E-state index in [0.717, 1.165) is 0 Å². The minimum absolute atomic E-state index is 0.0482. The number of rotatable bonds is 7. The van der Waals surface area contributed by atoms with Crippen LogP contribution >= 0.6 is 11.8 Å². The first kappa shape index (κ1) is 18.3. The molecule has 0 spiro atoms. The summed E-state index contributed by atoms with van der Waals surface area (Å²) in [5.41, 5.74) is 0.532. The van der Waals surface area contributed by atoms with E-state index in [4.69, 9.17) is 4.74 Å². The summed E-state index contributed by atoms with van der Waals surface area (Å²) in [6.07, 6.45) is 2.42. The lowest BCUT2D eigenvalue weighted by atomic mass is 10.2. The number of alkyl carbamates (subject to hydrolysis) is 1. The van der Waals surface area contributed by atoms with Crippen LogP contribution in [0.5, 0.6) is 0 Å². The average Bonchev–Trinajstić information content (AvgIpc) is 2.80. The zero-order valence-corrected chi connectivity index (χ0v) is 14.5. The molecule has 24 heavy (non-hydrogen) atoms. The molecule has 9 heteroatoms. The molecule has 0 unspecified atom stereocenters. The van der Waals surface area contributed by atoms with Crippen molar-refractivity contribution in [3.63, 3.8) is 0 Å². The highest BCUT2D eigenvalue weighted by atomic mass is 32.2. The maximum Gasteiger partial charge on any atom is 0.408 e. The van der Waals surface area contributed by atoms with Crippen LogP contribution in [0.1, 0.15) is 12.0 Å². The molecular weight excluding hydrogens is 354 g/mol. The molecule has 0 saturated heterocycles. The van der Waals surface area contributed by atoms with Gasteiger partial charge in [0.15, 0.2) is 0 Å². The van der Waals surface area contributed by atoms with Gasteiger partial charge in [-0.1, -0.05) is 18.2 Å². The quantitative estimate of drug-likeness (QED) is 0.740. The van der Waals surface area contributed by atoms with Gasteiger partial charge in [-0.25, -0.2) is 13.2 Å². The number of hydrogen-bond acceptors (Lipinski definition) is 7. The van der Waals surface area contributed by atoms with Crippen molar-refractivity contribution in [1.82, 2.24) is 5.32 Å². The van der Waals surface area contributed by atoms with Crippen molar-refractivity contribution in [3.8, 4) is 0 Å². The van der Waals surface area contributed by atoms with Crippen LogP contribution in [-0.2, 0) is 19.4 Å². The summed E-state index contributed by atoms with van der Waals surface area (Å²) in [4.78, 5) is 22.8. The predicted molar refractivity (Wildman–Crippen MR) is 87.9 cm³/mol. The van der Waals surface area contributed by atoms with Gasteiger partial charge in [-0.3, -0.25) is 0 Å². The van der Waals surface area contributed by atoms with E-state index in [0.29, 0.717) is 11.3 Å². The van der Waals surface area contributed by atoms with Crippen molar-refractivity contribution in [2.75, 3.05) is 18.6 Å². The first-order valence-electron chi connectivity index (χ1n) is 7.04. The molecule has 0 aliphatic carbocycles. The lowest BCUT2D eigenvalue weighted by Gasteiger charge is -2.19. The highest BCUT2D eigenvalue weighted by Gasteiger charge is 2.30. The summed E-state index contributed by atoms with van der Waals surface area (Å²) >= 11 is 1.43. The second-order valence-corrected chi connectivity index (χ2v) is 7.98. The maximum absolute atomic E-state index is 12.3. The van der Waals surface area contributed by atoms with E-state index in [9.17, 15) is 23.1 Å². The number of thioether (sulfide) groups is 1. The molecule has 1 aromatic carbocycles. The van der Waals surface area contributed by atoms with Crippen molar-refractivity contribution in [2.24, 2.45) is 0 Å². The van der Waals surface area contributed by atoms with E-state index in [1.54, 1.807) is 24.5 Å². The number of aliphatic carboxylic acids is 1. The van der Waals surface area contributed by atoms with Gasteiger partial charge in [0.2, 0.25) is 9.84 Å². The molecule has 1 amide bonds. The van der Waals surface area contributed by atoms with Crippen LogP contribution in [0.15, 0.2) is 34.1 Å². The maximum atomic E-state index is 12.3. The Labute approximate surface area is 144 Å². The van der Waals surface area contributed by atoms with Crippen LogP contribution in [0.25, 0.3) is 6.08 Å². The highest BCUT2D eigenvalue weighted by Crippen LogP contribution is 2.32. The van der Waals surface area contributed by atoms with E-state index in [1.165, 1.54) is 23.9 Å². The average molecular weight is 370 g/mol. The molecule has 0 bridgehead atoms. The molecule has 130 valence electrons. The molecule has 0 aromatic heterocycles. The van der Waals surface area contributed by atoms with Crippen molar-refractivity contribution in [2.45, 2.75) is 17.4 Å². The van der Waals surface area contributed by atoms with Crippen LogP contribution in [0.4, 0.5) is 4.79 Å². The number of nitrogens with one attached hydrogen (secondary N) is 1. The number of sulfone groups is 1. The third-order valence-electron chi connectivity index (χ3n) is 3.40. The molecule has 2 rings (SSSR count). The van der Waals surface area contributed by atoms with Gasteiger partial charge < -0.3 is 20.0 Å². The molecule has 1 aromatic rings. The molecule has 7 nitrogen and oxygen atoms in total. The summed E-state index contributed by atoms with van der Waals surface area (Å²) in [5.74, 6) is -0.894. The van der Waals surface area contributed by atoms with Crippen molar-refractivity contribution < 1.29 is 27.9 Å². The van der Waals surface area contributed by atoms with Crippen LogP contribution in [-0.4, -0.2) is 45.1 Å². The van der Waals surface area contributed by atoms with Crippen LogP contribution in [0.3, 0.4) is 0 Å². The van der Waals surface area contributed by atoms with Gasteiger partial charge >= 0.3 is 6.09 Å². The van der Waals surface area contributed by atoms with Crippen LogP contribution in [0, 0.1) is 0 Å². The van der Waals surface area contributed by atoms with Crippen molar-refractivity contribution in [1.29, 1.82) is 0 Å². The van der Waals surface area contributed by atoms with Gasteiger partial charge in [0.05, 0.1) is 21.8 Å². The molecular formula is C15H16NO6S2-. The second-order valence-electron chi connectivity index (χ2n) is 5.03. The summed E-state index contributed by atoms with van der Waals surface area (Å²) in [6.45, 7) is -0.467.